The number of nitrogens with zero attached hydrogens (tertiary/aromatic N) is 1. The van der Waals surface area contributed by atoms with Gasteiger partial charge in [-0.25, -0.2) is 9.37 Å². The topological polar surface area (TPSA) is 71.1 Å². The number of aromatic nitrogens is 1. The van der Waals surface area contributed by atoms with Crippen molar-refractivity contribution in [2.75, 3.05) is 5.32 Å². The van der Waals surface area contributed by atoms with Gasteiger partial charge in [-0.15, -0.1) is 0 Å². The average molecular weight is 391 g/mol. The standard InChI is InChI=1S/C23H22FN3O2/c1-15(2)17-9-4-6-11-19(17)27-23(29)21-13-7-12-20(26-21)22(28)25-14-16-8-3-5-10-18(16)24/h3-13,15H,14H2,1-2H3,(H,25,28)(H,27,29). The molecule has 0 aliphatic rings. The molecule has 1 heterocycles. The van der Waals surface area contributed by atoms with Gasteiger partial charge in [-0.1, -0.05) is 56.3 Å². The highest BCUT2D eigenvalue weighted by Gasteiger charge is 2.15. The highest BCUT2D eigenvalue weighted by atomic mass is 19.1. The van der Waals surface area contributed by atoms with Crippen molar-refractivity contribution in [3.63, 3.8) is 0 Å². The van der Waals surface area contributed by atoms with E-state index in [0.717, 1.165) is 5.56 Å². The Bertz CT molecular complexity index is 1030. The first-order chi connectivity index (χ1) is 14.0. The number of carbonyl (C=O) groups is 2. The van der Waals surface area contributed by atoms with E-state index in [-0.39, 0.29) is 23.9 Å². The number of hydrogen-bond donors (Lipinski definition) is 2. The molecule has 0 aliphatic carbocycles. The van der Waals surface area contributed by atoms with Gasteiger partial charge in [0.05, 0.1) is 0 Å². The zero-order valence-corrected chi connectivity index (χ0v) is 16.3. The highest BCUT2D eigenvalue weighted by molar-refractivity contribution is 6.04. The van der Waals surface area contributed by atoms with Gasteiger partial charge in [-0.2, -0.15) is 0 Å². The largest absolute Gasteiger partial charge is 0.347 e. The summed E-state index contributed by atoms with van der Waals surface area (Å²) in [5.74, 6) is -1.03. The lowest BCUT2D eigenvalue weighted by atomic mass is 10.0. The molecule has 5 nitrogen and oxygen atoms in total. The van der Waals surface area contributed by atoms with Crippen LogP contribution in [0.2, 0.25) is 0 Å². The Labute approximate surface area is 169 Å². The van der Waals surface area contributed by atoms with Gasteiger partial charge in [0.15, 0.2) is 0 Å². The third-order valence-corrected chi connectivity index (χ3v) is 4.44. The van der Waals surface area contributed by atoms with E-state index in [9.17, 15) is 14.0 Å². The van der Waals surface area contributed by atoms with Crippen LogP contribution in [0.25, 0.3) is 0 Å². The summed E-state index contributed by atoms with van der Waals surface area (Å²) in [5.41, 5.74) is 2.32. The van der Waals surface area contributed by atoms with Crippen LogP contribution in [0, 0.1) is 5.82 Å². The average Bonchev–Trinajstić information content (AvgIpc) is 2.73. The lowest BCUT2D eigenvalue weighted by Gasteiger charge is -2.13. The third kappa shape index (κ3) is 5.04. The number of pyridine rings is 1. The smallest absolute Gasteiger partial charge is 0.274 e. The SMILES string of the molecule is CC(C)c1ccccc1NC(=O)c1cccc(C(=O)NCc2ccccc2F)n1. The number of nitrogens with one attached hydrogen (secondary N) is 2. The van der Waals surface area contributed by atoms with E-state index in [1.807, 2.05) is 38.1 Å². The fourth-order valence-electron chi connectivity index (χ4n) is 2.90. The van der Waals surface area contributed by atoms with E-state index >= 15 is 0 Å². The number of carbonyl (C=O) groups excluding carboxylic acids is 2. The molecule has 0 unspecified atom stereocenters. The number of anilines is 1. The molecule has 0 atom stereocenters. The fraction of sp³-hybridized carbons (Fsp3) is 0.174. The van der Waals surface area contributed by atoms with Crippen LogP contribution in [-0.4, -0.2) is 16.8 Å². The molecule has 29 heavy (non-hydrogen) atoms. The van der Waals surface area contributed by atoms with Gasteiger partial charge >= 0.3 is 0 Å². The Morgan fingerprint density at radius 1 is 0.897 bits per heavy atom. The van der Waals surface area contributed by atoms with Crippen LogP contribution in [0.3, 0.4) is 0 Å². The van der Waals surface area contributed by atoms with Crippen LogP contribution in [0.5, 0.6) is 0 Å². The Hall–Kier alpha value is -3.54. The number of hydrogen-bond acceptors (Lipinski definition) is 3. The molecule has 3 aromatic rings. The maximum absolute atomic E-state index is 13.7. The van der Waals surface area contributed by atoms with E-state index in [1.165, 1.54) is 12.1 Å². The molecular formula is C23H22FN3O2. The van der Waals surface area contributed by atoms with Crippen molar-refractivity contribution in [1.82, 2.24) is 10.3 Å². The van der Waals surface area contributed by atoms with Crippen molar-refractivity contribution >= 4 is 17.5 Å². The second-order valence-electron chi connectivity index (χ2n) is 6.88. The number of amides is 2. The van der Waals surface area contributed by atoms with E-state index in [1.54, 1.807) is 30.3 Å². The first kappa shape index (κ1) is 20.2. The summed E-state index contributed by atoms with van der Waals surface area (Å²) in [6.07, 6.45) is 0. The van der Waals surface area contributed by atoms with Crippen LogP contribution in [0.1, 0.15) is 51.9 Å². The summed E-state index contributed by atoms with van der Waals surface area (Å²) in [7, 11) is 0. The minimum absolute atomic E-state index is 0.0331. The summed E-state index contributed by atoms with van der Waals surface area (Å²) in [6, 6.07) is 18.4. The number of para-hydroxylation sites is 1. The van der Waals surface area contributed by atoms with Crippen molar-refractivity contribution in [3.8, 4) is 0 Å². The molecule has 0 aliphatic heterocycles. The Balaban J connectivity index is 1.71. The van der Waals surface area contributed by atoms with Crippen LogP contribution < -0.4 is 10.6 Å². The lowest BCUT2D eigenvalue weighted by Crippen LogP contribution is -2.25. The molecule has 6 heteroatoms. The van der Waals surface area contributed by atoms with Gasteiger partial charge in [0.1, 0.15) is 17.2 Å². The number of benzene rings is 2. The maximum atomic E-state index is 13.7. The van der Waals surface area contributed by atoms with E-state index < -0.39 is 17.6 Å². The van der Waals surface area contributed by atoms with Crippen LogP contribution >= 0.6 is 0 Å². The maximum Gasteiger partial charge on any atom is 0.274 e. The molecule has 1 aromatic heterocycles. The molecule has 0 saturated heterocycles. The van der Waals surface area contributed by atoms with Gasteiger partial charge in [-0.3, -0.25) is 9.59 Å². The molecule has 2 amide bonds. The summed E-state index contributed by atoms with van der Waals surface area (Å²) in [4.78, 5) is 29.2. The molecule has 148 valence electrons. The molecule has 2 aromatic carbocycles. The van der Waals surface area contributed by atoms with Gasteiger partial charge in [-0.05, 0) is 35.7 Å². The number of rotatable bonds is 6. The summed E-state index contributed by atoms with van der Waals surface area (Å²) in [6.45, 7) is 4.12. The van der Waals surface area contributed by atoms with E-state index in [2.05, 4.69) is 15.6 Å². The van der Waals surface area contributed by atoms with Crippen molar-refractivity contribution in [1.29, 1.82) is 0 Å². The highest BCUT2D eigenvalue weighted by Crippen LogP contribution is 2.24. The molecule has 0 bridgehead atoms. The zero-order valence-electron chi connectivity index (χ0n) is 16.3. The molecule has 3 rings (SSSR count). The summed E-state index contributed by atoms with van der Waals surface area (Å²) < 4.78 is 13.7. The van der Waals surface area contributed by atoms with Gasteiger partial charge in [0, 0.05) is 17.8 Å². The Morgan fingerprint density at radius 3 is 2.28 bits per heavy atom. The van der Waals surface area contributed by atoms with Gasteiger partial charge < -0.3 is 10.6 Å². The van der Waals surface area contributed by atoms with Crippen LogP contribution in [0.15, 0.2) is 66.7 Å². The summed E-state index contributed by atoms with van der Waals surface area (Å²) >= 11 is 0. The number of halogens is 1. The van der Waals surface area contributed by atoms with Gasteiger partial charge in [0.25, 0.3) is 11.8 Å². The van der Waals surface area contributed by atoms with Crippen molar-refractivity contribution in [2.45, 2.75) is 26.3 Å². The molecular weight excluding hydrogens is 369 g/mol. The van der Waals surface area contributed by atoms with Gasteiger partial charge in [0.2, 0.25) is 0 Å². The second kappa shape index (κ2) is 9.10. The summed E-state index contributed by atoms with van der Waals surface area (Å²) in [5, 5.41) is 5.48. The lowest BCUT2D eigenvalue weighted by molar-refractivity contribution is 0.0945. The Morgan fingerprint density at radius 2 is 1.55 bits per heavy atom. The van der Waals surface area contributed by atoms with Crippen molar-refractivity contribution in [3.05, 3.63) is 95.1 Å². The van der Waals surface area contributed by atoms with E-state index in [0.29, 0.717) is 11.3 Å². The van der Waals surface area contributed by atoms with Crippen LogP contribution in [-0.2, 0) is 6.54 Å². The fourth-order valence-corrected chi connectivity index (χ4v) is 2.90. The minimum atomic E-state index is -0.481. The van der Waals surface area contributed by atoms with E-state index in [4.69, 9.17) is 0 Å². The molecule has 0 fully saturated rings. The second-order valence-corrected chi connectivity index (χ2v) is 6.88. The predicted octanol–water partition coefficient (Wildman–Crippen LogP) is 4.53. The monoisotopic (exact) mass is 391 g/mol. The molecule has 0 radical (unpaired) electrons. The molecule has 2 N–H and O–H groups in total. The Kier molecular flexibility index (Phi) is 6.34. The van der Waals surface area contributed by atoms with Crippen LogP contribution in [0.4, 0.5) is 10.1 Å². The first-order valence-electron chi connectivity index (χ1n) is 9.34. The van der Waals surface area contributed by atoms with Crippen molar-refractivity contribution < 1.29 is 14.0 Å². The minimum Gasteiger partial charge on any atom is -0.347 e. The third-order valence-electron chi connectivity index (χ3n) is 4.44. The molecule has 0 spiro atoms. The first-order valence-corrected chi connectivity index (χ1v) is 9.34. The van der Waals surface area contributed by atoms with Crippen molar-refractivity contribution in [2.24, 2.45) is 0 Å². The molecule has 0 saturated carbocycles. The quantitative estimate of drug-likeness (QED) is 0.649. The predicted molar refractivity (Wildman–Crippen MR) is 110 cm³/mol. The zero-order chi connectivity index (χ0) is 20.8. The normalized spacial score (nSPS) is 10.6.